The molecule has 0 atom stereocenters. The lowest BCUT2D eigenvalue weighted by Gasteiger charge is -1.97. The lowest BCUT2D eigenvalue weighted by atomic mass is 10.3. The highest BCUT2D eigenvalue weighted by Gasteiger charge is 2.14. The summed E-state index contributed by atoms with van der Waals surface area (Å²) < 4.78 is 1.59. The second kappa shape index (κ2) is 5.72. The van der Waals surface area contributed by atoms with E-state index in [-0.39, 0.29) is 6.54 Å². The molecule has 1 amide bonds. The van der Waals surface area contributed by atoms with Crippen molar-refractivity contribution in [2.75, 3.05) is 6.54 Å². The first-order valence-electron chi connectivity index (χ1n) is 5.63. The summed E-state index contributed by atoms with van der Waals surface area (Å²) >= 11 is 0. The van der Waals surface area contributed by atoms with Gasteiger partial charge in [-0.3, -0.25) is 4.79 Å². The SMILES string of the molecule is NC(=O)C[N+](=Nc1ccccc1)c1ccccc1. The standard InChI is InChI=1S/C14H13N3O/c15-14(18)11-17(13-9-5-2-6-10-13)16-12-7-3-1-4-8-12/h1-10H,11H2,(H-,15,18)/p+1. The van der Waals surface area contributed by atoms with Gasteiger partial charge >= 0.3 is 0 Å². The summed E-state index contributed by atoms with van der Waals surface area (Å²) in [6.45, 7) is 0.0545. The molecule has 90 valence electrons. The zero-order valence-electron chi connectivity index (χ0n) is 9.86. The third-order valence-electron chi connectivity index (χ3n) is 2.35. The summed E-state index contributed by atoms with van der Waals surface area (Å²) in [5.41, 5.74) is 6.86. The third-order valence-corrected chi connectivity index (χ3v) is 2.35. The lowest BCUT2D eigenvalue weighted by Crippen LogP contribution is -2.22. The Morgan fingerprint density at radius 2 is 1.56 bits per heavy atom. The Morgan fingerprint density at radius 1 is 1.00 bits per heavy atom. The summed E-state index contributed by atoms with van der Waals surface area (Å²) in [5.74, 6) is -0.418. The molecule has 18 heavy (non-hydrogen) atoms. The fourth-order valence-corrected chi connectivity index (χ4v) is 1.57. The number of amides is 1. The van der Waals surface area contributed by atoms with Gasteiger partial charge in [0.25, 0.3) is 12.5 Å². The van der Waals surface area contributed by atoms with Crippen LogP contribution >= 0.6 is 0 Å². The normalized spacial score (nSPS) is 11.2. The Bertz CT molecular complexity index is 550. The molecule has 0 aliphatic rings. The first-order valence-corrected chi connectivity index (χ1v) is 5.63. The highest BCUT2D eigenvalue weighted by atomic mass is 16.1. The smallest absolute Gasteiger partial charge is 0.285 e. The third kappa shape index (κ3) is 3.25. The molecule has 2 aromatic rings. The van der Waals surface area contributed by atoms with Crippen LogP contribution in [-0.2, 0) is 4.79 Å². The second-order valence-electron chi connectivity index (χ2n) is 3.80. The van der Waals surface area contributed by atoms with E-state index >= 15 is 0 Å². The van der Waals surface area contributed by atoms with Gasteiger partial charge in [-0.05, 0) is 12.1 Å². The summed E-state index contributed by atoms with van der Waals surface area (Å²) in [6.07, 6.45) is 0. The van der Waals surface area contributed by atoms with Crippen LogP contribution in [0.4, 0.5) is 11.4 Å². The van der Waals surface area contributed by atoms with E-state index in [1.165, 1.54) is 0 Å². The number of para-hydroxylation sites is 1. The molecule has 2 N–H and O–H groups in total. The highest BCUT2D eigenvalue weighted by Crippen LogP contribution is 2.16. The maximum atomic E-state index is 11.1. The minimum atomic E-state index is -0.418. The summed E-state index contributed by atoms with van der Waals surface area (Å²) in [6, 6.07) is 18.9. The summed E-state index contributed by atoms with van der Waals surface area (Å²) in [4.78, 5) is 11.1. The number of primary amides is 1. The molecular formula is C14H14N3O+. The lowest BCUT2D eigenvalue weighted by molar-refractivity contribution is -0.496. The van der Waals surface area contributed by atoms with Crippen molar-refractivity contribution in [2.45, 2.75) is 0 Å². The molecule has 0 heterocycles. The van der Waals surface area contributed by atoms with E-state index in [1.807, 2.05) is 60.7 Å². The Labute approximate surface area is 105 Å². The number of benzene rings is 2. The van der Waals surface area contributed by atoms with Crippen LogP contribution in [0.2, 0.25) is 0 Å². The van der Waals surface area contributed by atoms with E-state index in [2.05, 4.69) is 5.11 Å². The van der Waals surface area contributed by atoms with Gasteiger partial charge in [-0.25, -0.2) is 0 Å². The van der Waals surface area contributed by atoms with Gasteiger partial charge in [0.1, 0.15) is 5.69 Å². The molecule has 4 nitrogen and oxygen atoms in total. The fraction of sp³-hybridized carbons (Fsp3) is 0.0714. The molecular weight excluding hydrogens is 226 g/mol. The molecule has 2 rings (SSSR count). The number of nitrogens with two attached hydrogens (primary N) is 1. The van der Waals surface area contributed by atoms with Gasteiger partial charge in [0, 0.05) is 17.2 Å². The average molecular weight is 240 g/mol. The number of azo groups is 2. The van der Waals surface area contributed by atoms with E-state index in [1.54, 1.807) is 4.70 Å². The van der Waals surface area contributed by atoms with E-state index in [4.69, 9.17) is 5.73 Å². The Morgan fingerprint density at radius 3 is 2.11 bits per heavy atom. The van der Waals surface area contributed by atoms with Crippen LogP contribution < -0.4 is 5.73 Å². The van der Waals surface area contributed by atoms with Crippen LogP contribution in [-0.4, -0.2) is 17.1 Å². The van der Waals surface area contributed by atoms with Crippen molar-refractivity contribution in [3.05, 3.63) is 60.7 Å². The molecule has 4 heteroatoms. The molecule has 0 aliphatic heterocycles. The Balaban J connectivity index is 2.37. The van der Waals surface area contributed by atoms with Gasteiger partial charge in [0.15, 0.2) is 0 Å². The number of hydrogen-bond acceptors (Lipinski definition) is 2. The highest BCUT2D eigenvalue weighted by molar-refractivity contribution is 5.75. The number of carbonyl (C=O) groups excluding carboxylic acids is 1. The van der Waals surface area contributed by atoms with Gasteiger partial charge in [0.05, 0.1) is 0 Å². The molecule has 0 fully saturated rings. The van der Waals surface area contributed by atoms with Crippen molar-refractivity contribution < 1.29 is 9.49 Å². The number of carbonyl (C=O) groups is 1. The van der Waals surface area contributed by atoms with Crippen molar-refractivity contribution in [1.82, 2.24) is 0 Å². The number of hydrogen-bond donors (Lipinski definition) is 1. The predicted octanol–water partition coefficient (Wildman–Crippen LogP) is 2.60. The van der Waals surface area contributed by atoms with E-state index in [0.29, 0.717) is 0 Å². The molecule has 0 spiro atoms. The minimum absolute atomic E-state index is 0.0545. The molecule has 2 aromatic carbocycles. The van der Waals surface area contributed by atoms with E-state index in [0.717, 1.165) is 11.4 Å². The Hall–Kier alpha value is -2.49. The average Bonchev–Trinajstić information content (AvgIpc) is 2.40. The van der Waals surface area contributed by atoms with Crippen molar-refractivity contribution in [3.63, 3.8) is 0 Å². The van der Waals surface area contributed by atoms with Crippen LogP contribution in [0.3, 0.4) is 0 Å². The van der Waals surface area contributed by atoms with Crippen molar-refractivity contribution in [2.24, 2.45) is 10.8 Å². The van der Waals surface area contributed by atoms with Gasteiger partial charge in [-0.1, -0.05) is 41.1 Å². The largest absolute Gasteiger partial charge is 0.364 e. The first kappa shape index (κ1) is 12.0. The fourth-order valence-electron chi connectivity index (χ4n) is 1.57. The molecule has 0 bridgehead atoms. The zero-order chi connectivity index (χ0) is 12.8. The van der Waals surface area contributed by atoms with E-state index in [9.17, 15) is 4.79 Å². The predicted molar refractivity (Wildman–Crippen MR) is 69.0 cm³/mol. The monoisotopic (exact) mass is 240 g/mol. The molecule has 0 saturated carbocycles. The van der Waals surface area contributed by atoms with Gasteiger partial charge in [0.2, 0.25) is 5.69 Å². The van der Waals surface area contributed by atoms with Crippen LogP contribution in [0.1, 0.15) is 0 Å². The molecule has 0 radical (unpaired) electrons. The van der Waals surface area contributed by atoms with Crippen LogP contribution in [0, 0.1) is 0 Å². The van der Waals surface area contributed by atoms with Crippen molar-refractivity contribution in [3.8, 4) is 0 Å². The van der Waals surface area contributed by atoms with Gasteiger partial charge in [-0.2, -0.15) is 0 Å². The first-order chi connectivity index (χ1) is 8.75. The number of nitrogens with zero attached hydrogens (tertiary/aromatic N) is 2. The second-order valence-corrected chi connectivity index (χ2v) is 3.80. The molecule has 0 aromatic heterocycles. The minimum Gasteiger partial charge on any atom is -0.364 e. The quantitative estimate of drug-likeness (QED) is 0.648. The van der Waals surface area contributed by atoms with Crippen LogP contribution in [0.25, 0.3) is 0 Å². The Kier molecular flexibility index (Phi) is 3.81. The summed E-state index contributed by atoms with van der Waals surface area (Å²) in [5, 5.41) is 4.40. The van der Waals surface area contributed by atoms with Crippen molar-refractivity contribution in [1.29, 1.82) is 0 Å². The molecule has 0 aliphatic carbocycles. The maximum absolute atomic E-state index is 11.1. The maximum Gasteiger partial charge on any atom is 0.285 e. The molecule has 0 unspecified atom stereocenters. The van der Waals surface area contributed by atoms with Crippen molar-refractivity contribution >= 4 is 17.3 Å². The zero-order valence-corrected chi connectivity index (χ0v) is 9.86. The number of rotatable bonds is 4. The summed E-state index contributed by atoms with van der Waals surface area (Å²) in [7, 11) is 0. The topological polar surface area (TPSA) is 58.5 Å². The van der Waals surface area contributed by atoms with Gasteiger partial charge < -0.3 is 5.73 Å². The van der Waals surface area contributed by atoms with Gasteiger partial charge in [-0.15, -0.1) is 0 Å². The van der Waals surface area contributed by atoms with Crippen LogP contribution in [0.5, 0.6) is 0 Å². The van der Waals surface area contributed by atoms with E-state index < -0.39 is 5.91 Å². The molecule has 0 saturated heterocycles. The van der Waals surface area contributed by atoms with Crippen LogP contribution in [0.15, 0.2) is 65.8 Å².